The molecule has 0 radical (unpaired) electrons. The summed E-state index contributed by atoms with van der Waals surface area (Å²) in [6.45, 7) is 3.94. The van der Waals surface area contributed by atoms with Crippen LogP contribution in [0.5, 0.6) is 0 Å². The summed E-state index contributed by atoms with van der Waals surface area (Å²) in [6.07, 6.45) is 0.760. The Balaban J connectivity index is 0.000000433. The van der Waals surface area contributed by atoms with E-state index >= 15 is 0 Å². The Kier molecular flexibility index (Phi) is 8.33. The van der Waals surface area contributed by atoms with Crippen LogP contribution in [0.1, 0.15) is 10.6 Å². The number of aliphatic hydroxyl groups is 1. The van der Waals surface area contributed by atoms with Gasteiger partial charge in [-0.3, -0.25) is 0 Å². The summed E-state index contributed by atoms with van der Waals surface area (Å²) in [5.41, 5.74) is -2.32. The Morgan fingerprint density at radius 1 is 1.48 bits per heavy atom. The van der Waals surface area contributed by atoms with Gasteiger partial charge in [0.25, 0.3) is 0 Å². The van der Waals surface area contributed by atoms with Gasteiger partial charge < -0.3 is 14.4 Å². The zero-order valence-corrected chi connectivity index (χ0v) is 13.0. The molecule has 1 rings (SSSR count). The molecule has 11 heteroatoms. The van der Waals surface area contributed by atoms with Crippen LogP contribution in [-0.2, 0) is 27.8 Å². The minimum absolute atomic E-state index is 0.228. The van der Waals surface area contributed by atoms with Crippen LogP contribution in [0.15, 0.2) is 5.51 Å². The predicted molar refractivity (Wildman–Crippen MR) is 67.7 cm³/mol. The summed E-state index contributed by atoms with van der Waals surface area (Å²) < 4.78 is 66.1. The van der Waals surface area contributed by atoms with Crippen molar-refractivity contribution in [3.63, 3.8) is 0 Å². The van der Waals surface area contributed by atoms with Crippen LogP contribution in [0, 0.1) is 6.92 Å². The minimum Gasteiger partial charge on any atom is -0.741 e. The number of methoxy groups -OCH3 is 1. The molecule has 1 N–H and O–H groups in total. The summed E-state index contributed by atoms with van der Waals surface area (Å²) in [4.78, 5) is 1.26. The standard InChI is InChI=1S/C9H16NO2S.CHF3O3S/c1-8-9(3-5-11)13-7-10(8)4-6-12-2;2-1(3,4)8(5,6)7/h7,11H,3-6H2,1-2H3;(H,5,6,7)/q+1;/p-1. The zero-order valence-electron chi connectivity index (χ0n) is 11.4. The van der Waals surface area contributed by atoms with Crippen LogP contribution in [0.25, 0.3) is 0 Å². The molecule has 1 aromatic heterocycles. The first kappa shape index (κ1) is 20.2. The Hall–Kier alpha value is -0.750. The number of hydrogen-bond donors (Lipinski definition) is 1. The molecule has 0 aliphatic rings. The maximum absolute atomic E-state index is 10.7. The molecule has 6 nitrogen and oxygen atoms in total. The lowest BCUT2D eigenvalue weighted by atomic mass is 10.3. The molecule has 0 fully saturated rings. The first-order valence-electron chi connectivity index (χ1n) is 5.63. The average molecular weight is 351 g/mol. The summed E-state index contributed by atoms with van der Waals surface area (Å²) in [5.74, 6) is 0. The van der Waals surface area contributed by atoms with E-state index in [4.69, 9.17) is 22.8 Å². The number of ether oxygens (including phenoxy) is 1. The maximum Gasteiger partial charge on any atom is 0.485 e. The smallest absolute Gasteiger partial charge is 0.485 e. The van der Waals surface area contributed by atoms with Crippen LogP contribution in [0.4, 0.5) is 13.2 Å². The molecule has 1 aromatic rings. The highest BCUT2D eigenvalue weighted by molar-refractivity contribution is 7.86. The van der Waals surface area contributed by atoms with E-state index in [1.54, 1.807) is 18.4 Å². The highest BCUT2D eigenvalue weighted by Gasteiger charge is 2.36. The van der Waals surface area contributed by atoms with E-state index in [1.807, 2.05) is 0 Å². The van der Waals surface area contributed by atoms with E-state index in [2.05, 4.69) is 17.0 Å². The normalized spacial score (nSPS) is 12.0. The first-order valence-corrected chi connectivity index (χ1v) is 7.91. The molecular weight excluding hydrogens is 335 g/mol. The third kappa shape index (κ3) is 7.18. The lowest BCUT2D eigenvalue weighted by Crippen LogP contribution is -2.36. The SMILES string of the molecule is COCC[n+]1csc(CCO)c1C.O=S(=O)([O-])C(F)(F)F. The molecule has 0 aliphatic heterocycles. The lowest BCUT2D eigenvalue weighted by molar-refractivity contribution is -0.699. The maximum atomic E-state index is 10.7. The monoisotopic (exact) mass is 351 g/mol. The van der Waals surface area contributed by atoms with Gasteiger partial charge in [0, 0.05) is 27.1 Å². The molecule has 0 bridgehead atoms. The van der Waals surface area contributed by atoms with E-state index in [-0.39, 0.29) is 6.61 Å². The molecule has 0 saturated carbocycles. The first-order chi connectivity index (χ1) is 9.54. The van der Waals surface area contributed by atoms with E-state index in [0.717, 1.165) is 19.6 Å². The van der Waals surface area contributed by atoms with Gasteiger partial charge in [-0.15, -0.1) is 0 Å². The van der Waals surface area contributed by atoms with Crippen LogP contribution >= 0.6 is 11.3 Å². The number of hydrogen-bond acceptors (Lipinski definition) is 6. The zero-order chi connectivity index (χ0) is 16.7. The van der Waals surface area contributed by atoms with Crippen molar-refractivity contribution in [2.45, 2.75) is 25.4 Å². The number of halogens is 3. The van der Waals surface area contributed by atoms with Gasteiger partial charge >= 0.3 is 5.51 Å². The second-order valence-corrected chi connectivity index (χ2v) is 6.10. The molecule has 0 amide bonds. The number of thiazole rings is 1. The van der Waals surface area contributed by atoms with E-state index in [1.165, 1.54) is 10.6 Å². The number of nitrogens with zero attached hydrogens (tertiary/aromatic N) is 1. The summed E-state index contributed by atoms with van der Waals surface area (Å²) in [6, 6.07) is 0. The Labute approximate surface area is 124 Å². The van der Waals surface area contributed by atoms with Gasteiger partial charge in [0.2, 0.25) is 5.51 Å². The fraction of sp³-hybridized carbons (Fsp3) is 0.700. The van der Waals surface area contributed by atoms with Crippen molar-refractivity contribution in [2.75, 3.05) is 20.3 Å². The molecule has 21 heavy (non-hydrogen) atoms. The van der Waals surface area contributed by atoms with Gasteiger partial charge in [-0.1, -0.05) is 11.3 Å². The van der Waals surface area contributed by atoms with E-state index in [0.29, 0.717) is 0 Å². The number of alkyl halides is 3. The van der Waals surface area contributed by atoms with Crippen molar-refractivity contribution < 1.29 is 40.6 Å². The Bertz CT molecular complexity index is 527. The quantitative estimate of drug-likeness (QED) is 0.476. The summed E-state index contributed by atoms with van der Waals surface area (Å²) in [7, 11) is -4.39. The van der Waals surface area contributed by atoms with E-state index in [9.17, 15) is 13.2 Å². The summed E-state index contributed by atoms with van der Waals surface area (Å²) in [5, 5.41) is 8.80. The van der Waals surface area contributed by atoms with Gasteiger partial charge in [-0.05, 0) is 0 Å². The van der Waals surface area contributed by atoms with Crippen molar-refractivity contribution in [3.8, 4) is 0 Å². The number of aromatic nitrogens is 1. The molecule has 0 aromatic carbocycles. The van der Waals surface area contributed by atoms with Gasteiger partial charge in [0.1, 0.15) is 6.61 Å². The van der Waals surface area contributed by atoms with Crippen LogP contribution in [0.2, 0.25) is 0 Å². The van der Waals surface area contributed by atoms with Crippen LogP contribution in [0.3, 0.4) is 0 Å². The molecule has 1 heterocycles. The fourth-order valence-electron chi connectivity index (χ4n) is 1.20. The molecule has 0 spiro atoms. The molecule has 0 saturated heterocycles. The van der Waals surface area contributed by atoms with Gasteiger partial charge in [-0.25, -0.2) is 8.42 Å². The lowest BCUT2D eigenvalue weighted by Gasteiger charge is -2.08. The molecule has 124 valence electrons. The molecule has 0 aliphatic carbocycles. The van der Waals surface area contributed by atoms with Gasteiger partial charge in [0.05, 0.1) is 4.88 Å². The van der Waals surface area contributed by atoms with Crippen molar-refractivity contribution in [1.82, 2.24) is 0 Å². The largest absolute Gasteiger partial charge is 0.741 e. The Morgan fingerprint density at radius 2 is 2.00 bits per heavy atom. The summed E-state index contributed by atoms with van der Waals surface area (Å²) >= 11 is 1.70. The van der Waals surface area contributed by atoms with Crippen molar-refractivity contribution >= 4 is 21.5 Å². The number of aliphatic hydroxyl groups excluding tert-OH is 1. The topological polar surface area (TPSA) is 90.5 Å². The predicted octanol–water partition coefficient (Wildman–Crippen LogP) is 0.577. The average Bonchev–Trinajstić information content (AvgIpc) is 2.67. The van der Waals surface area contributed by atoms with Crippen molar-refractivity contribution in [3.05, 3.63) is 16.1 Å². The second-order valence-electron chi connectivity index (χ2n) is 3.79. The highest BCUT2D eigenvalue weighted by Crippen LogP contribution is 2.20. The van der Waals surface area contributed by atoms with Crippen molar-refractivity contribution in [1.29, 1.82) is 0 Å². The van der Waals surface area contributed by atoms with E-state index < -0.39 is 15.6 Å². The third-order valence-corrected chi connectivity index (χ3v) is 4.03. The Morgan fingerprint density at radius 3 is 2.38 bits per heavy atom. The molecular formula is C10H16F3NO5S2. The molecule has 0 atom stereocenters. The molecule has 0 unspecified atom stereocenters. The van der Waals surface area contributed by atoms with Gasteiger partial charge in [0.15, 0.2) is 22.4 Å². The van der Waals surface area contributed by atoms with Crippen LogP contribution in [-0.4, -0.2) is 43.9 Å². The fourth-order valence-corrected chi connectivity index (χ4v) is 2.22. The number of rotatable bonds is 5. The van der Waals surface area contributed by atoms with Gasteiger partial charge in [-0.2, -0.15) is 17.7 Å². The van der Waals surface area contributed by atoms with Crippen LogP contribution < -0.4 is 4.57 Å². The van der Waals surface area contributed by atoms with Crippen molar-refractivity contribution in [2.24, 2.45) is 0 Å². The highest BCUT2D eigenvalue weighted by atomic mass is 32.2. The third-order valence-electron chi connectivity index (χ3n) is 2.32. The second kappa shape index (κ2) is 8.63. The minimum atomic E-state index is -6.09.